The average Bonchev–Trinajstić information content (AvgIpc) is 3.20. The molecule has 2 fully saturated rings. The van der Waals surface area contributed by atoms with Crippen LogP contribution in [0.5, 0.6) is 0 Å². The third kappa shape index (κ3) is 2.28. The van der Waals surface area contributed by atoms with E-state index in [4.69, 9.17) is 16.1 Å². The summed E-state index contributed by atoms with van der Waals surface area (Å²) in [7, 11) is 0. The van der Waals surface area contributed by atoms with Gasteiger partial charge in [0.2, 0.25) is 5.82 Å². The smallest absolute Gasteiger partial charge is 0.324 e. The van der Waals surface area contributed by atoms with Gasteiger partial charge in [-0.25, -0.2) is 0 Å². The molecule has 0 amide bonds. The van der Waals surface area contributed by atoms with Gasteiger partial charge in [0.1, 0.15) is 0 Å². The zero-order chi connectivity index (χ0) is 16.0. The highest BCUT2D eigenvalue weighted by Gasteiger charge is 2.55. The van der Waals surface area contributed by atoms with Crippen LogP contribution in [0.4, 0.5) is 6.01 Å². The maximum absolute atomic E-state index is 11.7. The van der Waals surface area contributed by atoms with E-state index in [1.807, 2.05) is 17.0 Å². The molecule has 0 radical (unpaired) electrons. The third-order valence-electron chi connectivity index (χ3n) is 5.07. The minimum Gasteiger partial charge on any atom is -0.481 e. The molecule has 1 N–H and O–H groups in total. The predicted molar refractivity (Wildman–Crippen MR) is 84.4 cm³/mol. The van der Waals surface area contributed by atoms with Crippen molar-refractivity contribution in [3.8, 4) is 11.4 Å². The van der Waals surface area contributed by atoms with Gasteiger partial charge in [-0.15, -0.1) is 0 Å². The Morgan fingerprint density at radius 2 is 2.35 bits per heavy atom. The molecule has 1 aliphatic carbocycles. The lowest BCUT2D eigenvalue weighted by Crippen LogP contribution is -2.35. The molecule has 7 heteroatoms. The molecule has 0 unspecified atom stereocenters. The molecule has 2 aliphatic rings. The Morgan fingerprint density at radius 3 is 3.09 bits per heavy atom. The van der Waals surface area contributed by atoms with E-state index in [2.05, 4.69) is 10.1 Å². The summed E-state index contributed by atoms with van der Waals surface area (Å²) in [6.07, 6.45) is 2.64. The van der Waals surface area contributed by atoms with Crippen LogP contribution >= 0.6 is 11.6 Å². The van der Waals surface area contributed by atoms with E-state index < -0.39 is 11.4 Å². The SMILES string of the molecule is O=C(O)[C@@]12CCC[C@H]1CN(c1nc(-c3cccc(Cl)c3)no1)C2. The minimum atomic E-state index is -0.711. The second-order valence-electron chi connectivity index (χ2n) is 6.34. The van der Waals surface area contributed by atoms with Gasteiger partial charge < -0.3 is 14.5 Å². The van der Waals surface area contributed by atoms with Crippen molar-refractivity contribution < 1.29 is 14.4 Å². The molecule has 0 bridgehead atoms. The molecule has 2 aromatic rings. The largest absolute Gasteiger partial charge is 0.481 e. The van der Waals surface area contributed by atoms with Crippen LogP contribution in [-0.2, 0) is 4.79 Å². The van der Waals surface area contributed by atoms with E-state index in [0.29, 0.717) is 30.0 Å². The zero-order valence-electron chi connectivity index (χ0n) is 12.4. The number of rotatable bonds is 3. The average molecular weight is 334 g/mol. The Hall–Kier alpha value is -2.08. The fourth-order valence-corrected chi connectivity index (χ4v) is 4.06. The molecule has 23 heavy (non-hydrogen) atoms. The van der Waals surface area contributed by atoms with Crippen LogP contribution in [0, 0.1) is 11.3 Å². The first kappa shape index (κ1) is 14.5. The molecule has 1 saturated heterocycles. The molecule has 2 heterocycles. The van der Waals surface area contributed by atoms with Crippen LogP contribution in [0.2, 0.25) is 5.02 Å². The van der Waals surface area contributed by atoms with E-state index >= 15 is 0 Å². The quantitative estimate of drug-likeness (QED) is 0.929. The van der Waals surface area contributed by atoms with Gasteiger partial charge in [0.15, 0.2) is 0 Å². The van der Waals surface area contributed by atoms with Crippen molar-refractivity contribution in [2.45, 2.75) is 19.3 Å². The summed E-state index contributed by atoms with van der Waals surface area (Å²) in [4.78, 5) is 18.1. The number of hydrogen-bond donors (Lipinski definition) is 1. The van der Waals surface area contributed by atoms with Gasteiger partial charge in [-0.2, -0.15) is 4.98 Å². The molecular weight excluding hydrogens is 318 g/mol. The van der Waals surface area contributed by atoms with Crippen LogP contribution in [-0.4, -0.2) is 34.3 Å². The highest BCUT2D eigenvalue weighted by molar-refractivity contribution is 6.30. The van der Waals surface area contributed by atoms with Gasteiger partial charge in [-0.1, -0.05) is 35.3 Å². The topological polar surface area (TPSA) is 79.5 Å². The molecule has 120 valence electrons. The summed E-state index contributed by atoms with van der Waals surface area (Å²) in [5.74, 6) is -0.0949. The van der Waals surface area contributed by atoms with E-state index in [-0.39, 0.29) is 5.92 Å². The second-order valence-corrected chi connectivity index (χ2v) is 6.78. The number of carbonyl (C=O) groups is 1. The first-order valence-corrected chi connectivity index (χ1v) is 8.04. The molecule has 1 saturated carbocycles. The lowest BCUT2D eigenvalue weighted by atomic mass is 9.81. The first-order chi connectivity index (χ1) is 11.1. The fraction of sp³-hybridized carbons (Fsp3) is 0.438. The van der Waals surface area contributed by atoms with E-state index in [0.717, 1.165) is 24.8 Å². The number of halogens is 1. The number of carboxylic acid groups (broad SMARTS) is 1. The predicted octanol–water partition coefficient (Wildman–Crippen LogP) is 3.08. The number of aromatic nitrogens is 2. The minimum absolute atomic E-state index is 0.154. The van der Waals surface area contributed by atoms with Crippen molar-refractivity contribution in [3.05, 3.63) is 29.3 Å². The molecule has 0 spiro atoms. The number of nitrogens with zero attached hydrogens (tertiary/aromatic N) is 3. The van der Waals surface area contributed by atoms with Crippen molar-refractivity contribution in [1.29, 1.82) is 0 Å². The van der Waals surface area contributed by atoms with Crippen molar-refractivity contribution >= 4 is 23.6 Å². The third-order valence-corrected chi connectivity index (χ3v) is 5.30. The summed E-state index contributed by atoms with van der Waals surface area (Å²) in [6.45, 7) is 1.09. The lowest BCUT2D eigenvalue weighted by Gasteiger charge is -2.22. The van der Waals surface area contributed by atoms with Crippen LogP contribution in [0.15, 0.2) is 28.8 Å². The van der Waals surface area contributed by atoms with Gasteiger partial charge in [0.05, 0.1) is 5.41 Å². The Labute approximate surface area is 138 Å². The summed E-state index contributed by atoms with van der Waals surface area (Å²) in [5.41, 5.74) is 0.116. The molecule has 2 atom stereocenters. The molecule has 4 rings (SSSR count). The van der Waals surface area contributed by atoms with Crippen molar-refractivity contribution in [2.75, 3.05) is 18.0 Å². The van der Waals surface area contributed by atoms with Gasteiger partial charge in [0, 0.05) is 23.7 Å². The summed E-state index contributed by atoms with van der Waals surface area (Å²) < 4.78 is 5.36. The highest BCUT2D eigenvalue weighted by Crippen LogP contribution is 2.49. The second kappa shape index (κ2) is 5.23. The highest BCUT2D eigenvalue weighted by atomic mass is 35.5. The summed E-state index contributed by atoms with van der Waals surface area (Å²) in [6, 6.07) is 7.62. The standard InChI is InChI=1S/C16H16ClN3O3/c17-12-5-1-3-10(7-12)13-18-15(23-19-13)20-8-11-4-2-6-16(11,9-20)14(21)22/h1,3,5,7,11H,2,4,6,8-9H2,(H,21,22)/t11-,16+/m0/s1. The lowest BCUT2D eigenvalue weighted by molar-refractivity contribution is -0.149. The molecular formula is C16H16ClN3O3. The van der Waals surface area contributed by atoms with Crippen LogP contribution < -0.4 is 4.90 Å². The number of aliphatic carboxylic acids is 1. The molecule has 1 aliphatic heterocycles. The maximum Gasteiger partial charge on any atom is 0.324 e. The van der Waals surface area contributed by atoms with Crippen LogP contribution in [0.25, 0.3) is 11.4 Å². The normalized spacial score (nSPS) is 26.5. The Balaban J connectivity index is 1.60. The Morgan fingerprint density at radius 1 is 1.48 bits per heavy atom. The number of anilines is 1. The van der Waals surface area contributed by atoms with E-state index in [1.165, 1.54) is 0 Å². The molecule has 6 nitrogen and oxygen atoms in total. The number of carboxylic acids is 1. The Kier molecular flexibility index (Phi) is 3.30. The van der Waals surface area contributed by atoms with Crippen molar-refractivity contribution in [1.82, 2.24) is 10.1 Å². The number of fused-ring (bicyclic) bond motifs is 1. The van der Waals surface area contributed by atoms with Gasteiger partial charge >= 0.3 is 12.0 Å². The summed E-state index contributed by atoms with van der Waals surface area (Å²) in [5, 5.41) is 14.3. The van der Waals surface area contributed by atoms with Crippen LogP contribution in [0.3, 0.4) is 0 Å². The summed E-state index contributed by atoms with van der Waals surface area (Å²) >= 11 is 5.98. The van der Waals surface area contributed by atoms with Gasteiger partial charge in [-0.05, 0) is 30.9 Å². The maximum atomic E-state index is 11.7. The van der Waals surface area contributed by atoms with Crippen LogP contribution in [0.1, 0.15) is 19.3 Å². The van der Waals surface area contributed by atoms with E-state index in [1.54, 1.807) is 12.1 Å². The first-order valence-electron chi connectivity index (χ1n) is 7.66. The van der Waals surface area contributed by atoms with Crippen molar-refractivity contribution in [2.24, 2.45) is 11.3 Å². The molecule has 1 aromatic heterocycles. The van der Waals surface area contributed by atoms with E-state index in [9.17, 15) is 9.90 Å². The Bertz CT molecular complexity index is 763. The number of benzene rings is 1. The van der Waals surface area contributed by atoms with Gasteiger partial charge in [0.25, 0.3) is 0 Å². The van der Waals surface area contributed by atoms with Gasteiger partial charge in [-0.3, -0.25) is 4.79 Å². The molecule has 1 aromatic carbocycles. The number of hydrogen-bond acceptors (Lipinski definition) is 5. The monoisotopic (exact) mass is 333 g/mol. The fourth-order valence-electron chi connectivity index (χ4n) is 3.87. The zero-order valence-corrected chi connectivity index (χ0v) is 13.2. The van der Waals surface area contributed by atoms with Crippen molar-refractivity contribution in [3.63, 3.8) is 0 Å².